The molecular formula is C27H24ClN3O4. The Morgan fingerprint density at radius 2 is 1.77 bits per heavy atom. The highest BCUT2D eigenvalue weighted by Crippen LogP contribution is 2.30. The predicted octanol–water partition coefficient (Wildman–Crippen LogP) is 5.61. The molecule has 0 radical (unpaired) electrons. The Kier molecular flexibility index (Phi) is 8.88. The molecule has 0 aliphatic heterocycles. The van der Waals surface area contributed by atoms with Gasteiger partial charge in [-0.1, -0.05) is 35.9 Å². The number of amides is 2. The van der Waals surface area contributed by atoms with Gasteiger partial charge >= 0.3 is 0 Å². The van der Waals surface area contributed by atoms with E-state index in [0.29, 0.717) is 40.1 Å². The number of aryl methyl sites for hydroxylation is 1. The SMILES string of the molecule is CCOc1cc(C=C(C#N)C(=O)Nc2ccc(Cl)cc2C)ccc1OCC(=O)Nc1ccccc1. The Balaban J connectivity index is 1.72. The maximum atomic E-state index is 12.7. The van der Waals surface area contributed by atoms with E-state index in [-0.39, 0.29) is 18.1 Å². The minimum atomic E-state index is -0.547. The van der Waals surface area contributed by atoms with Crippen molar-refractivity contribution < 1.29 is 19.1 Å². The Labute approximate surface area is 208 Å². The molecule has 2 N–H and O–H groups in total. The molecule has 0 unspecified atom stereocenters. The van der Waals surface area contributed by atoms with Crippen LogP contribution >= 0.6 is 11.6 Å². The highest BCUT2D eigenvalue weighted by atomic mass is 35.5. The number of hydrogen-bond donors (Lipinski definition) is 2. The molecule has 0 saturated carbocycles. The second-order valence-electron chi connectivity index (χ2n) is 7.43. The number of carbonyl (C=O) groups is 2. The van der Waals surface area contributed by atoms with Crippen LogP contribution in [0.5, 0.6) is 11.5 Å². The lowest BCUT2D eigenvalue weighted by molar-refractivity contribution is -0.118. The van der Waals surface area contributed by atoms with Crippen LogP contribution in [0.2, 0.25) is 5.02 Å². The molecule has 0 aromatic heterocycles. The molecule has 0 saturated heterocycles. The fraction of sp³-hybridized carbons (Fsp3) is 0.148. The third kappa shape index (κ3) is 7.36. The van der Waals surface area contributed by atoms with E-state index in [1.54, 1.807) is 48.5 Å². The monoisotopic (exact) mass is 489 g/mol. The van der Waals surface area contributed by atoms with Crippen LogP contribution in [0.3, 0.4) is 0 Å². The van der Waals surface area contributed by atoms with Gasteiger partial charge in [0.1, 0.15) is 11.6 Å². The summed E-state index contributed by atoms with van der Waals surface area (Å²) in [5.41, 5.74) is 2.49. The van der Waals surface area contributed by atoms with E-state index < -0.39 is 5.91 Å². The van der Waals surface area contributed by atoms with E-state index in [9.17, 15) is 14.9 Å². The lowest BCUT2D eigenvalue weighted by Crippen LogP contribution is -2.20. The molecule has 3 rings (SSSR count). The van der Waals surface area contributed by atoms with Crippen molar-refractivity contribution in [1.82, 2.24) is 0 Å². The van der Waals surface area contributed by atoms with Crippen LogP contribution in [0.15, 0.2) is 72.3 Å². The largest absolute Gasteiger partial charge is 0.490 e. The number of nitriles is 1. The van der Waals surface area contributed by atoms with Gasteiger partial charge < -0.3 is 20.1 Å². The van der Waals surface area contributed by atoms with Crippen molar-refractivity contribution in [3.63, 3.8) is 0 Å². The highest BCUT2D eigenvalue weighted by Gasteiger charge is 2.13. The number of halogens is 1. The Bertz CT molecular complexity index is 1280. The first kappa shape index (κ1) is 25.3. The average molecular weight is 490 g/mol. The fourth-order valence-electron chi connectivity index (χ4n) is 3.14. The van der Waals surface area contributed by atoms with Crippen LogP contribution in [-0.2, 0) is 9.59 Å². The molecule has 7 nitrogen and oxygen atoms in total. The number of nitrogens with zero attached hydrogens (tertiary/aromatic N) is 1. The second-order valence-corrected chi connectivity index (χ2v) is 7.86. The summed E-state index contributed by atoms with van der Waals surface area (Å²) < 4.78 is 11.3. The summed E-state index contributed by atoms with van der Waals surface area (Å²) in [5, 5.41) is 15.6. The molecule has 35 heavy (non-hydrogen) atoms. The van der Waals surface area contributed by atoms with Gasteiger partial charge in [-0.15, -0.1) is 0 Å². The van der Waals surface area contributed by atoms with Gasteiger partial charge in [-0.2, -0.15) is 5.26 Å². The number of anilines is 2. The summed E-state index contributed by atoms with van der Waals surface area (Å²) >= 11 is 5.96. The van der Waals surface area contributed by atoms with Gasteiger partial charge in [0.25, 0.3) is 11.8 Å². The standard InChI is InChI=1S/C27H24ClN3O4/c1-3-34-25-15-19(9-12-24(25)35-17-26(32)30-22-7-5-4-6-8-22)14-20(16-29)27(33)31-23-11-10-21(28)13-18(23)2/h4-15H,3,17H2,1-2H3,(H,30,32)(H,31,33). The minimum absolute atomic E-state index is 0.0855. The number of para-hydroxylation sites is 1. The molecule has 0 spiro atoms. The highest BCUT2D eigenvalue weighted by molar-refractivity contribution is 6.30. The Hall–Kier alpha value is -4.28. The maximum Gasteiger partial charge on any atom is 0.266 e. The van der Waals surface area contributed by atoms with Crippen LogP contribution in [0, 0.1) is 18.3 Å². The average Bonchev–Trinajstić information content (AvgIpc) is 2.84. The molecule has 2 amide bonds. The number of nitrogens with one attached hydrogen (secondary N) is 2. The first-order valence-corrected chi connectivity index (χ1v) is 11.2. The van der Waals surface area contributed by atoms with Gasteiger partial charge in [-0.05, 0) is 73.5 Å². The van der Waals surface area contributed by atoms with E-state index in [2.05, 4.69) is 10.6 Å². The van der Waals surface area contributed by atoms with E-state index in [1.807, 2.05) is 38.1 Å². The number of ether oxygens (including phenoxy) is 2. The maximum absolute atomic E-state index is 12.7. The predicted molar refractivity (Wildman–Crippen MR) is 137 cm³/mol. The number of benzene rings is 3. The van der Waals surface area contributed by atoms with Gasteiger partial charge in [0.2, 0.25) is 0 Å². The van der Waals surface area contributed by atoms with Crippen molar-refractivity contribution in [3.8, 4) is 17.6 Å². The zero-order valence-electron chi connectivity index (χ0n) is 19.3. The first-order chi connectivity index (χ1) is 16.9. The van der Waals surface area contributed by atoms with Crippen molar-refractivity contribution in [2.75, 3.05) is 23.8 Å². The van der Waals surface area contributed by atoms with Crippen LogP contribution in [0.25, 0.3) is 6.08 Å². The molecule has 0 aliphatic rings. The van der Waals surface area contributed by atoms with Gasteiger partial charge in [0.05, 0.1) is 6.61 Å². The van der Waals surface area contributed by atoms with E-state index in [0.717, 1.165) is 5.56 Å². The van der Waals surface area contributed by atoms with Gasteiger partial charge in [-0.3, -0.25) is 9.59 Å². The zero-order chi connectivity index (χ0) is 25.2. The molecule has 3 aromatic rings. The smallest absolute Gasteiger partial charge is 0.266 e. The topological polar surface area (TPSA) is 100 Å². The molecule has 0 fully saturated rings. The van der Waals surface area contributed by atoms with E-state index in [1.165, 1.54) is 6.08 Å². The molecule has 178 valence electrons. The fourth-order valence-corrected chi connectivity index (χ4v) is 3.36. The summed E-state index contributed by atoms with van der Waals surface area (Å²) in [4.78, 5) is 24.9. The Morgan fingerprint density at radius 1 is 1.00 bits per heavy atom. The summed E-state index contributed by atoms with van der Waals surface area (Å²) in [6, 6.07) is 21.0. The van der Waals surface area contributed by atoms with Crippen molar-refractivity contribution in [2.45, 2.75) is 13.8 Å². The van der Waals surface area contributed by atoms with Crippen molar-refractivity contribution in [1.29, 1.82) is 5.26 Å². The summed E-state index contributed by atoms with van der Waals surface area (Å²) in [7, 11) is 0. The van der Waals surface area contributed by atoms with Crippen molar-refractivity contribution in [3.05, 3.63) is 88.5 Å². The number of rotatable bonds is 9. The summed E-state index contributed by atoms with van der Waals surface area (Å²) in [6.07, 6.45) is 1.45. The second kappa shape index (κ2) is 12.3. The van der Waals surface area contributed by atoms with Crippen LogP contribution < -0.4 is 20.1 Å². The number of hydrogen-bond acceptors (Lipinski definition) is 5. The van der Waals surface area contributed by atoms with E-state index in [4.69, 9.17) is 21.1 Å². The van der Waals surface area contributed by atoms with Gasteiger partial charge in [-0.25, -0.2) is 0 Å². The quantitative estimate of drug-likeness (QED) is 0.300. The lowest BCUT2D eigenvalue weighted by Gasteiger charge is -2.13. The van der Waals surface area contributed by atoms with Gasteiger partial charge in [0, 0.05) is 16.4 Å². The van der Waals surface area contributed by atoms with Crippen molar-refractivity contribution in [2.24, 2.45) is 0 Å². The molecule has 0 bridgehead atoms. The molecule has 3 aromatic carbocycles. The lowest BCUT2D eigenvalue weighted by atomic mass is 10.1. The molecule has 0 heterocycles. The van der Waals surface area contributed by atoms with Crippen LogP contribution in [0.1, 0.15) is 18.1 Å². The summed E-state index contributed by atoms with van der Waals surface area (Å²) in [5.74, 6) is -0.107. The van der Waals surface area contributed by atoms with Gasteiger partial charge in [0.15, 0.2) is 18.1 Å². The third-order valence-corrected chi connectivity index (χ3v) is 5.03. The minimum Gasteiger partial charge on any atom is -0.490 e. The molecule has 0 atom stereocenters. The Morgan fingerprint density at radius 3 is 2.46 bits per heavy atom. The summed E-state index contributed by atoms with van der Waals surface area (Å²) in [6.45, 7) is 3.78. The first-order valence-electron chi connectivity index (χ1n) is 10.8. The van der Waals surface area contributed by atoms with Crippen molar-refractivity contribution >= 4 is 40.9 Å². The van der Waals surface area contributed by atoms with E-state index >= 15 is 0 Å². The normalized spacial score (nSPS) is 10.7. The van der Waals surface area contributed by atoms with Crippen LogP contribution in [0.4, 0.5) is 11.4 Å². The zero-order valence-corrected chi connectivity index (χ0v) is 20.1. The molecule has 8 heteroatoms. The molecular weight excluding hydrogens is 466 g/mol. The van der Waals surface area contributed by atoms with Crippen LogP contribution in [-0.4, -0.2) is 25.0 Å². The molecule has 0 aliphatic carbocycles. The third-order valence-electron chi connectivity index (χ3n) is 4.80. The number of carbonyl (C=O) groups excluding carboxylic acids is 2.